The fourth-order valence-corrected chi connectivity index (χ4v) is 3.99. The first-order valence-corrected chi connectivity index (χ1v) is 9.09. The Morgan fingerprint density at radius 1 is 1.00 bits per heavy atom. The lowest BCUT2D eigenvalue weighted by atomic mass is 9.99. The number of hydrogen-bond acceptors (Lipinski definition) is 6. The van der Waals surface area contributed by atoms with Crippen LogP contribution in [-0.2, 0) is 4.79 Å². The van der Waals surface area contributed by atoms with Crippen LogP contribution < -0.4 is 10.2 Å². The third-order valence-corrected chi connectivity index (χ3v) is 5.50. The minimum absolute atomic E-state index is 0.0998. The number of carbonyl (C=O) groups is 1. The second kappa shape index (κ2) is 7.03. The van der Waals surface area contributed by atoms with Gasteiger partial charge in [-0.05, 0) is 25.3 Å². The van der Waals surface area contributed by atoms with Gasteiger partial charge in [0.1, 0.15) is 0 Å². The number of anilines is 1. The molecule has 0 spiro atoms. The molecule has 1 amide bonds. The number of aromatic nitrogens is 2. The second-order valence-electron chi connectivity index (χ2n) is 6.98. The van der Waals surface area contributed by atoms with Crippen molar-refractivity contribution in [3.05, 3.63) is 18.5 Å². The summed E-state index contributed by atoms with van der Waals surface area (Å²) in [6, 6.07) is 2.55. The highest BCUT2D eigenvalue weighted by atomic mass is 16.2. The number of rotatable bonds is 3. The normalized spacial score (nSPS) is 27.4. The van der Waals surface area contributed by atoms with Gasteiger partial charge < -0.3 is 10.2 Å². The van der Waals surface area contributed by atoms with E-state index in [1.807, 2.05) is 6.07 Å². The number of piperazine rings is 1. The van der Waals surface area contributed by atoms with E-state index in [4.69, 9.17) is 0 Å². The van der Waals surface area contributed by atoms with Gasteiger partial charge in [-0.15, -0.1) is 0 Å². The van der Waals surface area contributed by atoms with Gasteiger partial charge in [-0.2, -0.15) is 0 Å². The highest BCUT2D eigenvalue weighted by molar-refractivity contribution is 5.82. The van der Waals surface area contributed by atoms with Crippen molar-refractivity contribution in [1.29, 1.82) is 0 Å². The van der Waals surface area contributed by atoms with E-state index in [1.54, 1.807) is 12.4 Å². The Hall–Kier alpha value is -1.73. The predicted molar refractivity (Wildman–Crippen MR) is 91.8 cm³/mol. The summed E-state index contributed by atoms with van der Waals surface area (Å²) in [6.45, 7) is 6.95. The van der Waals surface area contributed by atoms with Crippen LogP contribution in [0, 0.1) is 0 Å². The lowest BCUT2D eigenvalue weighted by Crippen LogP contribution is -2.66. The van der Waals surface area contributed by atoms with Gasteiger partial charge in [0.2, 0.25) is 11.9 Å². The summed E-state index contributed by atoms with van der Waals surface area (Å²) in [5.41, 5.74) is 0. The van der Waals surface area contributed by atoms with Gasteiger partial charge in [-0.3, -0.25) is 14.6 Å². The molecule has 130 valence electrons. The number of likely N-dealkylation sites (tertiary alicyclic amines) is 1. The van der Waals surface area contributed by atoms with Gasteiger partial charge in [0.25, 0.3) is 0 Å². The van der Waals surface area contributed by atoms with Crippen LogP contribution in [0.4, 0.5) is 5.95 Å². The van der Waals surface area contributed by atoms with E-state index in [9.17, 15) is 4.79 Å². The first-order chi connectivity index (χ1) is 11.8. The Morgan fingerprint density at radius 2 is 1.75 bits per heavy atom. The Kier molecular flexibility index (Phi) is 4.62. The van der Waals surface area contributed by atoms with E-state index in [2.05, 4.69) is 30.0 Å². The SMILES string of the molecule is O=C1NCCCCC1N1CC(N2CCN(c3ncccn3)CC2)C1. The molecule has 3 saturated heterocycles. The monoisotopic (exact) mass is 330 g/mol. The summed E-state index contributed by atoms with van der Waals surface area (Å²) < 4.78 is 0. The standard InChI is InChI=1S/C17H26N6O/c24-16-15(4-1-2-5-18-16)23-12-14(13-23)21-8-10-22(11-9-21)17-19-6-3-7-20-17/h3,6-7,14-15H,1-2,4-5,8-13H2,(H,18,24). The van der Waals surface area contributed by atoms with Crippen LogP contribution in [0.3, 0.4) is 0 Å². The molecular weight excluding hydrogens is 304 g/mol. The summed E-state index contributed by atoms with van der Waals surface area (Å²) in [5, 5.41) is 3.05. The molecule has 24 heavy (non-hydrogen) atoms. The Balaban J connectivity index is 1.26. The average Bonchev–Trinajstić information content (AvgIpc) is 2.80. The molecule has 3 aliphatic rings. The molecule has 0 radical (unpaired) electrons. The Bertz CT molecular complexity index is 553. The summed E-state index contributed by atoms with van der Waals surface area (Å²) in [7, 11) is 0. The summed E-state index contributed by atoms with van der Waals surface area (Å²) in [6.07, 6.45) is 6.88. The maximum atomic E-state index is 12.1. The molecule has 1 unspecified atom stereocenters. The molecule has 4 heterocycles. The van der Waals surface area contributed by atoms with Gasteiger partial charge in [0, 0.05) is 64.2 Å². The predicted octanol–water partition coefficient (Wildman–Crippen LogP) is -0.0485. The minimum Gasteiger partial charge on any atom is -0.355 e. The quantitative estimate of drug-likeness (QED) is 0.838. The summed E-state index contributed by atoms with van der Waals surface area (Å²) in [4.78, 5) is 28.0. The smallest absolute Gasteiger partial charge is 0.237 e. The molecular formula is C17H26N6O. The van der Waals surface area contributed by atoms with E-state index in [-0.39, 0.29) is 11.9 Å². The maximum absolute atomic E-state index is 12.1. The van der Waals surface area contributed by atoms with Crippen LogP contribution in [0.2, 0.25) is 0 Å². The summed E-state index contributed by atoms with van der Waals surface area (Å²) >= 11 is 0. The molecule has 0 aliphatic carbocycles. The third-order valence-electron chi connectivity index (χ3n) is 5.50. The number of nitrogens with zero attached hydrogens (tertiary/aromatic N) is 5. The van der Waals surface area contributed by atoms with Gasteiger partial charge in [0.15, 0.2) is 0 Å². The molecule has 7 nitrogen and oxygen atoms in total. The van der Waals surface area contributed by atoms with Gasteiger partial charge in [0.05, 0.1) is 6.04 Å². The van der Waals surface area contributed by atoms with E-state index in [1.165, 1.54) is 0 Å². The van der Waals surface area contributed by atoms with Crippen molar-refractivity contribution in [1.82, 2.24) is 25.1 Å². The Morgan fingerprint density at radius 3 is 2.50 bits per heavy atom. The summed E-state index contributed by atoms with van der Waals surface area (Å²) in [5.74, 6) is 1.07. The third kappa shape index (κ3) is 3.23. The molecule has 3 aliphatic heterocycles. The highest BCUT2D eigenvalue weighted by Crippen LogP contribution is 2.23. The number of nitrogens with one attached hydrogen (secondary N) is 1. The molecule has 3 fully saturated rings. The molecule has 7 heteroatoms. The van der Waals surface area contributed by atoms with E-state index >= 15 is 0 Å². The van der Waals surface area contributed by atoms with Crippen LogP contribution in [-0.4, -0.2) is 83.6 Å². The average molecular weight is 330 g/mol. The largest absolute Gasteiger partial charge is 0.355 e. The lowest BCUT2D eigenvalue weighted by molar-refractivity contribution is -0.129. The van der Waals surface area contributed by atoms with Gasteiger partial charge in [-0.25, -0.2) is 9.97 Å². The van der Waals surface area contributed by atoms with E-state index in [0.29, 0.717) is 6.04 Å². The number of amides is 1. The van der Waals surface area contributed by atoms with Crippen LogP contribution in [0.15, 0.2) is 18.5 Å². The Labute approximate surface area is 143 Å². The van der Waals surface area contributed by atoms with Gasteiger partial charge >= 0.3 is 0 Å². The zero-order valence-electron chi connectivity index (χ0n) is 14.1. The number of hydrogen-bond donors (Lipinski definition) is 1. The molecule has 1 N–H and O–H groups in total. The van der Waals surface area contributed by atoms with Crippen molar-refractivity contribution >= 4 is 11.9 Å². The zero-order chi connectivity index (χ0) is 16.4. The van der Waals surface area contributed by atoms with Crippen LogP contribution >= 0.6 is 0 Å². The van der Waals surface area contributed by atoms with E-state index in [0.717, 1.165) is 71.0 Å². The number of carbonyl (C=O) groups excluding carboxylic acids is 1. The fraction of sp³-hybridized carbons (Fsp3) is 0.706. The highest BCUT2D eigenvalue weighted by Gasteiger charge is 2.39. The lowest BCUT2D eigenvalue weighted by Gasteiger charge is -2.50. The topological polar surface area (TPSA) is 64.6 Å². The first-order valence-electron chi connectivity index (χ1n) is 9.09. The maximum Gasteiger partial charge on any atom is 0.237 e. The van der Waals surface area contributed by atoms with Crippen molar-refractivity contribution in [3.8, 4) is 0 Å². The molecule has 1 aromatic rings. The molecule has 0 saturated carbocycles. The van der Waals surface area contributed by atoms with Crippen LogP contribution in [0.1, 0.15) is 19.3 Å². The second-order valence-corrected chi connectivity index (χ2v) is 6.98. The van der Waals surface area contributed by atoms with Crippen molar-refractivity contribution in [2.24, 2.45) is 0 Å². The van der Waals surface area contributed by atoms with Crippen LogP contribution in [0.5, 0.6) is 0 Å². The van der Waals surface area contributed by atoms with Crippen molar-refractivity contribution in [2.45, 2.75) is 31.3 Å². The molecule has 1 aromatic heterocycles. The van der Waals surface area contributed by atoms with Gasteiger partial charge in [-0.1, -0.05) is 0 Å². The van der Waals surface area contributed by atoms with E-state index < -0.39 is 0 Å². The molecule has 1 atom stereocenters. The fourth-order valence-electron chi connectivity index (χ4n) is 3.99. The first kappa shape index (κ1) is 15.8. The molecule has 0 aromatic carbocycles. The molecule has 4 rings (SSSR count). The van der Waals surface area contributed by atoms with Crippen molar-refractivity contribution in [3.63, 3.8) is 0 Å². The molecule has 0 bridgehead atoms. The van der Waals surface area contributed by atoms with Crippen molar-refractivity contribution in [2.75, 3.05) is 50.7 Å². The van der Waals surface area contributed by atoms with Crippen molar-refractivity contribution < 1.29 is 4.79 Å². The van der Waals surface area contributed by atoms with Crippen LogP contribution in [0.25, 0.3) is 0 Å². The minimum atomic E-state index is 0.0998. The zero-order valence-corrected chi connectivity index (χ0v) is 14.1.